The molecule has 0 atom stereocenters. The predicted octanol–water partition coefficient (Wildman–Crippen LogP) is 3.20. The molecule has 0 saturated heterocycles. The third-order valence-electron chi connectivity index (χ3n) is 1.27. The minimum Gasteiger partial charge on any atom is -0.296 e. The van der Waals surface area contributed by atoms with Crippen LogP contribution < -0.4 is 0 Å². The van der Waals surface area contributed by atoms with Gasteiger partial charge in [0.15, 0.2) is 0 Å². The van der Waals surface area contributed by atoms with Gasteiger partial charge in [0, 0.05) is 19.2 Å². The minimum atomic E-state index is -4.56. The van der Waals surface area contributed by atoms with E-state index in [-0.39, 0.29) is 4.31 Å². The molecule has 0 unspecified atom stereocenters. The highest BCUT2D eigenvalue weighted by Crippen LogP contribution is 2.32. The monoisotopic (exact) mass is 301 g/mol. The number of amides is 1. The first-order chi connectivity index (χ1) is 8.26. The lowest BCUT2D eigenvalue weighted by Gasteiger charge is -2.14. The van der Waals surface area contributed by atoms with Crippen molar-refractivity contribution in [2.24, 2.45) is 5.16 Å². The second kappa shape index (κ2) is 8.10. The SMILES string of the molecule is CC(=NOC(=O)N(C)SC(F)(F)F)SCCC#N. The smallest absolute Gasteiger partial charge is 0.296 e. The number of carbonyl (C=O) groups is 1. The Morgan fingerprint density at radius 1 is 1.56 bits per heavy atom. The zero-order valence-electron chi connectivity index (χ0n) is 9.52. The summed E-state index contributed by atoms with van der Waals surface area (Å²) in [7, 11) is 0.925. The van der Waals surface area contributed by atoms with Crippen molar-refractivity contribution in [1.29, 1.82) is 5.26 Å². The molecule has 5 nitrogen and oxygen atoms in total. The van der Waals surface area contributed by atoms with Crippen LogP contribution >= 0.6 is 23.7 Å². The zero-order chi connectivity index (χ0) is 14.2. The van der Waals surface area contributed by atoms with Gasteiger partial charge >= 0.3 is 11.6 Å². The number of nitrogens with zero attached hydrogens (tertiary/aromatic N) is 3. The molecule has 0 aromatic rings. The number of thioether (sulfide) groups is 1. The van der Waals surface area contributed by atoms with Crippen molar-refractivity contribution in [3.8, 4) is 6.07 Å². The lowest BCUT2D eigenvalue weighted by Crippen LogP contribution is -2.23. The second-order valence-electron chi connectivity index (χ2n) is 2.76. The van der Waals surface area contributed by atoms with E-state index in [1.165, 1.54) is 18.7 Å². The number of nitriles is 1. The van der Waals surface area contributed by atoms with Gasteiger partial charge in [0.05, 0.1) is 18.0 Å². The van der Waals surface area contributed by atoms with Gasteiger partial charge < -0.3 is 0 Å². The maximum Gasteiger partial charge on any atom is 0.461 e. The van der Waals surface area contributed by atoms with E-state index in [1.54, 1.807) is 0 Å². The number of hydrogen-bond acceptors (Lipinski definition) is 6. The summed E-state index contributed by atoms with van der Waals surface area (Å²) >= 11 is 0.548. The molecule has 0 N–H and O–H groups in total. The van der Waals surface area contributed by atoms with Crippen LogP contribution in [0.5, 0.6) is 0 Å². The molecule has 0 fully saturated rings. The van der Waals surface area contributed by atoms with Crippen LogP contribution in [0.25, 0.3) is 0 Å². The Kier molecular flexibility index (Phi) is 7.61. The van der Waals surface area contributed by atoms with Gasteiger partial charge in [0.1, 0.15) is 5.04 Å². The van der Waals surface area contributed by atoms with Crippen molar-refractivity contribution in [2.45, 2.75) is 18.9 Å². The molecule has 0 bridgehead atoms. The lowest BCUT2D eigenvalue weighted by molar-refractivity contribution is -0.0358. The molecule has 0 saturated carbocycles. The fourth-order valence-corrected chi connectivity index (χ4v) is 1.62. The summed E-state index contributed by atoms with van der Waals surface area (Å²) in [5, 5.41) is 12.0. The molecule has 102 valence electrons. The van der Waals surface area contributed by atoms with Crippen molar-refractivity contribution in [3.05, 3.63) is 0 Å². The van der Waals surface area contributed by atoms with E-state index in [4.69, 9.17) is 5.26 Å². The Morgan fingerprint density at radius 2 is 2.17 bits per heavy atom. The van der Waals surface area contributed by atoms with E-state index < -0.39 is 23.5 Å². The van der Waals surface area contributed by atoms with Crippen LogP contribution in [0.2, 0.25) is 0 Å². The third-order valence-corrected chi connectivity index (χ3v) is 2.81. The second-order valence-corrected chi connectivity index (χ2v) is 5.24. The summed E-state index contributed by atoms with van der Waals surface area (Å²) < 4.78 is 36.0. The van der Waals surface area contributed by atoms with Crippen molar-refractivity contribution in [2.75, 3.05) is 12.8 Å². The molecule has 0 aromatic heterocycles. The fourth-order valence-electron chi connectivity index (χ4n) is 0.624. The highest BCUT2D eigenvalue weighted by molar-refractivity contribution is 8.13. The molecular formula is C8H10F3N3O2S2. The van der Waals surface area contributed by atoms with Crippen molar-refractivity contribution in [3.63, 3.8) is 0 Å². The van der Waals surface area contributed by atoms with Crippen LogP contribution in [0.3, 0.4) is 0 Å². The zero-order valence-corrected chi connectivity index (χ0v) is 11.2. The van der Waals surface area contributed by atoms with Gasteiger partial charge in [0.25, 0.3) is 0 Å². The Bertz CT molecular complexity index is 354. The van der Waals surface area contributed by atoms with Crippen LogP contribution in [0.15, 0.2) is 5.16 Å². The first-order valence-electron chi connectivity index (χ1n) is 4.51. The molecule has 0 aliphatic rings. The third kappa shape index (κ3) is 9.00. The summed E-state index contributed by atoms with van der Waals surface area (Å²) in [5.74, 6) is 0.469. The highest BCUT2D eigenvalue weighted by atomic mass is 32.2. The number of rotatable bonds is 4. The average molecular weight is 301 g/mol. The van der Waals surface area contributed by atoms with Gasteiger partial charge in [0.2, 0.25) is 0 Å². The quantitative estimate of drug-likeness (QED) is 0.199. The van der Waals surface area contributed by atoms with Gasteiger partial charge in [-0.3, -0.25) is 4.84 Å². The van der Waals surface area contributed by atoms with E-state index in [1.807, 2.05) is 6.07 Å². The molecule has 0 heterocycles. The number of alkyl halides is 3. The largest absolute Gasteiger partial charge is 0.461 e. The van der Waals surface area contributed by atoms with Crippen molar-refractivity contribution < 1.29 is 22.8 Å². The van der Waals surface area contributed by atoms with Crippen LogP contribution in [-0.4, -0.2) is 33.8 Å². The summed E-state index contributed by atoms with van der Waals surface area (Å²) in [6.45, 7) is 1.52. The number of hydrogen-bond donors (Lipinski definition) is 0. The maximum absolute atomic E-state index is 11.9. The standard InChI is InChI=1S/C8H10F3N3O2S2/c1-6(17-5-3-4-12)13-16-7(15)14(2)18-8(9,10)11/h3,5H2,1-2H3. The Morgan fingerprint density at radius 3 is 2.67 bits per heavy atom. The van der Waals surface area contributed by atoms with Crippen LogP contribution in [-0.2, 0) is 4.84 Å². The average Bonchev–Trinajstić information content (AvgIpc) is 2.23. The molecule has 0 aliphatic heterocycles. The van der Waals surface area contributed by atoms with E-state index in [2.05, 4.69) is 9.99 Å². The molecule has 10 heteroatoms. The molecule has 0 rings (SSSR count). The van der Waals surface area contributed by atoms with Crippen molar-refractivity contribution >= 4 is 34.8 Å². The summed E-state index contributed by atoms with van der Waals surface area (Å²) in [6, 6.07) is 1.91. The van der Waals surface area contributed by atoms with E-state index >= 15 is 0 Å². The molecule has 0 aromatic carbocycles. The minimum absolute atomic E-state index is 0.288. The lowest BCUT2D eigenvalue weighted by atomic mass is 10.6. The normalized spacial score (nSPS) is 11.9. The van der Waals surface area contributed by atoms with E-state index in [0.717, 1.165) is 7.05 Å². The van der Waals surface area contributed by atoms with Gasteiger partial charge in [-0.05, 0) is 6.92 Å². The number of oxime groups is 1. The summed E-state index contributed by atoms with van der Waals surface area (Å²) in [5.41, 5.74) is -4.56. The molecule has 0 spiro atoms. The topological polar surface area (TPSA) is 65.7 Å². The Labute approximate surface area is 110 Å². The fraction of sp³-hybridized carbons (Fsp3) is 0.625. The van der Waals surface area contributed by atoms with Gasteiger partial charge in [-0.25, -0.2) is 9.10 Å². The molecule has 0 radical (unpaired) electrons. The molecule has 0 aliphatic carbocycles. The first-order valence-corrected chi connectivity index (χ1v) is 6.27. The van der Waals surface area contributed by atoms with Gasteiger partial charge in [-0.1, -0.05) is 5.16 Å². The molecule has 18 heavy (non-hydrogen) atoms. The summed E-state index contributed by atoms with van der Waals surface area (Å²) in [4.78, 5) is 15.4. The first kappa shape index (κ1) is 16.9. The van der Waals surface area contributed by atoms with E-state index in [9.17, 15) is 18.0 Å². The Balaban J connectivity index is 4.08. The number of carbonyl (C=O) groups excluding carboxylic acids is 1. The summed E-state index contributed by atoms with van der Waals surface area (Å²) in [6.07, 6.45) is -0.924. The van der Waals surface area contributed by atoms with Gasteiger partial charge in [-0.2, -0.15) is 18.4 Å². The van der Waals surface area contributed by atoms with Crippen LogP contribution in [0.1, 0.15) is 13.3 Å². The molecule has 1 amide bonds. The molecular weight excluding hydrogens is 291 g/mol. The number of halogens is 3. The predicted molar refractivity (Wildman–Crippen MR) is 63.7 cm³/mol. The van der Waals surface area contributed by atoms with Crippen LogP contribution in [0.4, 0.5) is 18.0 Å². The Hall–Kier alpha value is -1.08. The maximum atomic E-state index is 11.9. The van der Waals surface area contributed by atoms with E-state index in [0.29, 0.717) is 17.2 Å². The highest BCUT2D eigenvalue weighted by Gasteiger charge is 2.34. The van der Waals surface area contributed by atoms with Gasteiger partial charge in [-0.15, -0.1) is 11.8 Å². The van der Waals surface area contributed by atoms with Crippen LogP contribution in [0, 0.1) is 11.3 Å². The van der Waals surface area contributed by atoms with Crippen molar-refractivity contribution in [1.82, 2.24) is 4.31 Å².